The summed E-state index contributed by atoms with van der Waals surface area (Å²) >= 11 is 12.1. The summed E-state index contributed by atoms with van der Waals surface area (Å²) in [7, 11) is 0. The van der Waals surface area contributed by atoms with Crippen molar-refractivity contribution in [2.45, 2.75) is 25.7 Å². The molecule has 42 heavy (non-hydrogen) atoms. The molecule has 1 N–H and O–H groups in total. The summed E-state index contributed by atoms with van der Waals surface area (Å²) in [5.41, 5.74) is 3.25. The molecular weight excluding hydrogens is 575 g/mol. The molecule has 6 atom stereocenters. The second kappa shape index (κ2) is 9.82. The van der Waals surface area contributed by atoms with Crippen LogP contribution in [0.1, 0.15) is 29.9 Å². The number of allylic oxidation sites excluding steroid dienone is 2. The van der Waals surface area contributed by atoms with Crippen molar-refractivity contribution in [3.8, 4) is 5.75 Å². The van der Waals surface area contributed by atoms with Crippen molar-refractivity contribution < 1.29 is 24.3 Å². The molecule has 7 nitrogen and oxygen atoms in total. The van der Waals surface area contributed by atoms with E-state index in [1.165, 1.54) is 9.80 Å². The Labute approximate surface area is 252 Å². The summed E-state index contributed by atoms with van der Waals surface area (Å²) in [4.78, 5) is 58.2. The zero-order valence-electron chi connectivity index (χ0n) is 22.5. The number of aryl methyl sites for hydroxylation is 1. The number of hydrogen-bond donors (Lipinski definition) is 1. The number of benzene rings is 3. The number of phenolic OH excluding ortho intramolecular Hbond substituents is 1. The maximum Gasteiger partial charge on any atom is 0.238 e. The minimum atomic E-state index is -0.684. The first-order chi connectivity index (χ1) is 20.2. The van der Waals surface area contributed by atoms with E-state index in [0.717, 1.165) is 11.1 Å². The lowest BCUT2D eigenvalue weighted by Gasteiger charge is -2.44. The molecule has 0 unspecified atom stereocenters. The van der Waals surface area contributed by atoms with E-state index >= 15 is 0 Å². The highest BCUT2D eigenvalue weighted by Crippen LogP contribution is 2.58. The summed E-state index contributed by atoms with van der Waals surface area (Å²) < 4.78 is 0. The third-order valence-corrected chi connectivity index (χ3v) is 9.90. The Morgan fingerprint density at radius 1 is 0.690 bits per heavy atom. The van der Waals surface area contributed by atoms with Gasteiger partial charge in [-0.15, -0.1) is 0 Å². The summed E-state index contributed by atoms with van der Waals surface area (Å²) in [6.45, 7) is 1.78. The molecule has 1 saturated carbocycles. The monoisotopic (exact) mass is 600 g/mol. The summed E-state index contributed by atoms with van der Waals surface area (Å²) in [6, 6.07) is 18.4. The fourth-order valence-electron chi connectivity index (χ4n) is 7.52. The fraction of sp³-hybridized carbons (Fsp3) is 0.273. The van der Waals surface area contributed by atoms with Gasteiger partial charge in [0.25, 0.3) is 0 Å². The van der Waals surface area contributed by atoms with Gasteiger partial charge in [0, 0.05) is 16.0 Å². The molecule has 2 saturated heterocycles. The van der Waals surface area contributed by atoms with E-state index in [1.807, 2.05) is 12.1 Å². The van der Waals surface area contributed by atoms with Crippen LogP contribution in [0.25, 0.3) is 0 Å². The van der Waals surface area contributed by atoms with Gasteiger partial charge in [-0.1, -0.05) is 47.0 Å². The van der Waals surface area contributed by atoms with Crippen LogP contribution >= 0.6 is 23.2 Å². The van der Waals surface area contributed by atoms with Gasteiger partial charge >= 0.3 is 0 Å². The second-order valence-corrected chi connectivity index (χ2v) is 12.4. The van der Waals surface area contributed by atoms with E-state index < -0.39 is 35.5 Å². The predicted molar refractivity (Wildman–Crippen MR) is 158 cm³/mol. The van der Waals surface area contributed by atoms with Gasteiger partial charge in [-0.3, -0.25) is 29.0 Å². The highest BCUT2D eigenvalue weighted by atomic mass is 35.5. The summed E-state index contributed by atoms with van der Waals surface area (Å²) in [5, 5.41) is 11.2. The van der Waals surface area contributed by atoms with Gasteiger partial charge in [-0.05, 0) is 91.4 Å². The number of aromatic hydroxyl groups is 1. The standard InChI is InChI=1S/C33H26Cl2N2O5/c1-16-14-17(2-13-26(16)38)27-22-11-12-23-28(32(41)36(30(23)39)20-7-3-18(34)4-8-20)24(22)15-25-29(27)33(42)37(31(25)40)21-9-5-19(35)6-10-21/h2-11,13-14,23-25,27-29,38H,12,15H2,1H3/t23-,24+,25+,27-,28-,29+/m0/s1. The van der Waals surface area contributed by atoms with Crippen molar-refractivity contribution in [2.24, 2.45) is 29.6 Å². The molecule has 9 heteroatoms. The Morgan fingerprint density at radius 3 is 1.81 bits per heavy atom. The normalized spacial score (nSPS) is 28.5. The Kier molecular flexibility index (Phi) is 6.29. The number of nitrogens with zero attached hydrogens (tertiary/aromatic N) is 2. The number of fused-ring (bicyclic) bond motifs is 4. The van der Waals surface area contributed by atoms with Crippen LogP contribution in [-0.4, -0.2) is 28.7 Å². The van der Waals surface area contributed by atoms with E-state index in [0.29, 0.717) is 33.4 Å². The molecule has 0 spiro atoms. The third-order valence-electron chi connectivity index (χ3n) is 9.40. The second-order valence-electron chi connectivity index (χ2n) is 11.5. The van der Waals surface area contributed by atoms with E-state index in [-0.39, 0.29) is 35.8 Å². The van der Waals surface area contributed by atoms with Crippen LogP contribution in [0.4, 0.5) is 11.4 Å². The molecule has 2 aliphatic carbocycles. The number of imide groups is 2. The third kappa shape index (κ3) is 3.94. The number of amides is 4. The minimum absolute atomic E-state index is 0.132. The van der Waals surface area contributed by atoms with Crippen LogP contribution in [0.3, 0.4) is 0 Å². The number of carbonyl (C=O) groups is 4. The topological polar surface area (TPSA) is 95.0 Å². The molecule has 3 aromatic rings. The first kappa shape index (κ1) is 26.9. The smallest absolute Gasteiger partial charge is 0.238 e. The van der Waals surface area contributed by atoms with Gasteiger partial charge in [0.15, 0.2) is 0 Å². The van der Waals surface area contributed by atoms with Crippen molar-refractivity contribution in [1.82, 2.24) is 0 Å². The summed E-state index contributed by atoms with van der Waals surface area (Å²) in [5.74, 6) is -4.52. The Hall–Kier alpha value is -3.94. The number of rotatable bonds is 3. The van der Waals surface area contributed by atoms with Crippen molar-refractivity contribution >= 4 is 58.2 Å². The Balaban J connectivity index is 1.33. The minimum Gasteiger partial charge on any atom is -0.508 e. The van der Waals surface area contributed by atoms with Crippen LogP contribution < -0.4 is 9.80 Å². The average molecular weight is 601 g/mol. The molecule has 2 heterocycles. The van der Waals surface area contributed by atoms with E-state index in [1.54, 1.807) is 67.6 Å². The lowest BCUT2D eigenvalue weighted by atomic mass is 9.57. The molecule has 4 amide bonds. The highest BCUT2D eigenvalue weighted by Gasteiger charge is 2.62. The van der Waals surface area contributed by atoms with Gasteiger partial charge in [0.2, 0.25) is 23.6 Å². The van der Waals surface area contributed by atoms with Crippen molar-refractivity contribution in [3.05, 3.63) is 99.6 Å². The molecule has 3 fully saturated rings. The van der Waals surface area contributed by atoms with E-state index in [4.69, 9.17) is 23.2 Å². The lowest BCUT2D eigenvalue weighted by molar-refractivity contribution is -0.126. The molecular formula is C33H26Cl2N2O5. The number of halogens is 2. The van der Waals surface area contributed by atoms with Crippen molar-refractivity contribution in [2.75, 3.05) is 9.80 Å². The largest absolute Gasteiger partial charge is 0.508 e. The molecule has 2 aliphatic heterocycles. The molecule has 0 radical (unpaired) electrons. The number of hydrogen-bond acceptors (Lipinski definition) is 5. The molecule has 7 rings (SSSR count). The quantitative estimate of drug-likeness (QED) is 0.291. The van der Waals surface area contributed by atoms with Gasteiger partial charge in [0.1, 0.15) is 5.75 Å². The van der Waals surface area contributed by atoms with Crippen LogP contribution in [-0.2, 0) is 19.2 Å². The summed E-state index contributed by atoms with van der Waals surface area (Å²) in [6.07, 6.45) is 2.65. The zero-order valence-corrected chi connectivity index (χ0v) is 24.0. The molecule has 0 aromatic heterocycles. The average Bonchev–Trinajstić information content (AvgIpc) is 3.38. The van der Waals surface area contributed by atoms with Crippen LogP contribution in [0.15, 0.2) is 78.4 Å². The van der Waals surface area contributed by atoms with Crippen molar-refractivity contribution in [1.29, 1.82) is 0 Å². The molecule has 4 aliphatic rings. The lowest BCUT2D eigenvalue weighted by Crippen LogP contribution is -2.43. The SMILES string of the molecule is Cc1cc([C@H]2C3=CC[C@@H]4C(=O)N(c5ccc(Cl)cc5)C(=O)[C@@H]4[C@@H]3C[C@H]3C(=O)N(c4ccc(Cl)cc4)C(=O)[C@@H]23)ccc1O. The fourth-order valence-corrected chi connectivity index (χ4v) is 7.78. The number of phenols is 1. The highest BCUT2D eigenvalue weighted by molar-refractivity contribution is 6.31. The van der Waals surface area contributed by atoms with Gasteiger partial charge < -0.3 is 5.11 Å². The first-order valence-corrected chi connectivity index (χ1v) is 14.7. The zero-order chi connectivity index (χ0) is 29.4. The van der Waals surface area contributed by atoms with Crippen LogP contribution in [0.5, 0.6) is 5.75 Å². The maximum absolute atomic E-state index is 14.1. The van der Waals surface area contributed by atoms with Gasteiger partial charge in [-0.25, -0.2) is 0 Å². The van der Waals surface area contributed by atoms with Crippen molar-refractivity contribution in [3.63, 3.8) is 0 Å². The predicted octanol–water partition coefficient (Wildman–Crippen LogP) is 6.05. The van der Waals surface area contributed by atoms with Gasteiger partial charge in [0.05, 0.1) is 35.0 Å². The van der Waals surface area contributed by atoms with Gasteiger partial charge in [-0.2, -0.15) is 0 Å². The first-order valence-electron chi connectivity index (χ1n) is 13.9. The van der Waals surface area contributed by atoms with E-state index in [2.05, 4.69) is 0 Å². The number of carbonyl (C=O) groups excluding carboxylic acids is 4. The van der Waals surface area contributed by atoms with Crippen LogP contribution in [0, 0.1) is 36.5 Å². The maximum atomic E-state index is 14.1. The van der Waals surface area contributed by atoms with Crippen LogP contribution in [0.2, 0.25) is 10.0 Å². The molecule has 0 bridgehead atoms. The molecule has 3 aromatic carbocycles. The van der Waals surface area contributed by atoms with E-state index in [9.17, 15) is 24.3 Å². The Morgan fingerprint density at radius 2 is 1.24 bits per heavy atom. The molecule has 212 valence electrons. The number of anilines is 2. The Bertz CT molecular complexity index is 1700.